The SMILES string of the molecule is CCC(=O)c1ccc(CN(SCCN2CCNCC2)c2ccc(F)c(Cl)c2)c(F)c1. The quantitative estimate of drug-likeness (QED) is 0.437. The van der Waals surface area contributed by atoms with Gasteiger partial charge in [0, 0.05) is 61.7 Å². The number of benzene rings is 2. The summed E-state index contributed by atoms with van der Waals surface area (Å²) in [5.74, 6) is -0.189. The number of carbonyl (C=O) groups excluding carboxylic acids is 1. The maximum Gasteiger partial charge on any atom is 0.162 e. The van der Waals surface area contributed by atoms with Crippen LogP contribution in [0.4, 0.5) is 14.5 Å². The van der Waals surface area contributed by atoms with E-state index in [2.05, 4.69) is 10.2 Å². The molecule has 0 spiro atoms. The molecule has 0 saturated carbocycles. The Balaban J connectivity index is 1.74. The van der Waals surface area contributed by atoms with E-state index in [0.717, 1.165) is 38.5 Å². The van der Waals surface area contributed by atoms with Crippen molar-refractivity contribution in [1.82, 2.24) is 10.2 Å². The van der Waals surface area contributed by atoms with Crippen LogP contribution in [0.1, 0.15) is 29.3 Å². The van der Waals surface area contributed by atoms with Crippen molar-refractivity contribution in [2.45, 2.75) is 19.9 Å². The van der Waals surface area contributed by atoms with E-state index in [-0.39, 0.29) is 17.4 Å². The molecule has 2 aromatic carbocycles. The molecule has 8 heteroatoms. The second kappa shape index (κ2) is 11.1. The molecule has 162 valence electrons. The molecule has 3 rings (SSSR count). The molecule has 1 aliphatic heterocycles. The second-order valence-electron chi connectivity index (χ2n) is 7.14. The van der Waals surface area contributed by atoms with Gasteiger partial charge in [0.2, 0.25) is 0 Å². The number of piperazine rings is 1. The van der Waals surface area contributed by atoms with Crippen molar-refractivity contribution < 1.29 is 13.6 Å². The predicted molar refractivity (Wildman–Crippen MR) is 120 cm³/mol. The van der Waals surface area contributed by atoms with E-state index in [9.17, 15) is 13.6 Å². The number of hydrogen-bond donors (Lipinski definition) is 1. The molecular weight excluding hydrogens is 428 g/mol. The minimum atomic E-state index is -0.486. The third kappa shape index (κ3) is 6.17. The molecule has 0 atom stereocenters. The monoisotopic (exact) mass is 453 g/mol. The molecule has 4 nitrogen and oxygen atoms in total. The van der Waals surface area contributed by atoms with Crippen LogP contribution in [0.2, 0.25) is 5.02 Å². The Labute approximate surface area is 185 Å². The lowest BCUT2D eigenvalue weighted by atomic mass is 10.1. The number of ketones is 1. The van der Waals surface area contributed by atoms with Crippen molar-refractivity contribution in [3.63, 3.8) is 0 Å². The van der Waals surface area contributed by atoms with E-state index in [1.54, 1.807) is 43.1 Å². The van der Waals surface area contributed by atoms with Crippen molar-refractivity contribution in [2.24, 2.45) is 0 Å². The molecule has 0 unspecified atom stereocenters. The number of rotatable bonds is 9. The Kier molecular flexibility index (Phi) is 8.50. The smallest absolute Gasteiger partial charge is 0.162 e. The fourth-order valence-corrected chi connectivity index (χ4v) is 4.50. The molecule has 30 heavy (non-hydrogen) atoms. The standard InChI is InChI=1S/C22H26ClF2N3OS/c1-2-22(29)16-3-4-17(21(25)13-16)15-28(18-5-6-20(24)19(23)14-18)30-12-11-27-9-7-26-8-10-27/h3-6,13-14,26H,2,7-12,15H2,1H3. The van der Waals surface area contributed by atoms with Gasteiger partial charge >= 0.3 is 0 Å². The lowest BCUT2D eigenvalue weighted by molar-refractivity contribution is 0.0987. The minimum Gasteiger partial charge on any atom is -0.314 e. The van der Waals surface area contributed by atoms with Crippen LogP contribution >= 0.6 is 23.5 Å². The Hall–Kier alpha value is -1.67. The largest absolute Gasteiger partial charge is 0.314 e. The molecule has 0 radical (unpaired) electrons. The summed E-state index contributed by atoms with van der Waals surface area (Å²) in [6, 6.07) is 9.12. The molecule has 0 amide bonds. The molecule has 1 saturated heterocycles. The van der Waals surface area contributed by atoms with Crippen LogP contribution in [-0.4, -0.2) is 49.2 Å². The average Bonchev–Trinajstić information content (AvgIpc) is 2.76. The number of nitrogens with one attached hydrogen (secondary N) is 1. The maximum absolute atomic E-state index is 14.7. The van der Waals surface area contributed by atoms with Crippen molar-refractivity contribution in [3.05, 3.63) is 64.2 Å². The molecule has 1 N–H and O–H groups in total. The fourth-order valence-electron chi connectivity index (χ4n) is 3.27. The van der Waals surface area contributed by atoms with Crippen molar-refractivity contribution in [1.29, 1.82) is 0 Å². The summed E-state index contributed by atoms with van der Waals surface area (Å²) < 4.78 is 30.3. The van der Waals surface area contributed by atoms with Gasteiger partial charge < -0.3 is 9.62 Å². The topological polar surface area (TPSA) is 35.6 Å². The first-order valence-electron chi connectivity index (χ1n) is 10.1. The van der Waals surface area contributed by atoms with Gasteiger partial charge in [-0.2, -0.15) is 0 Å². The highest BCUT2D eigenvalue weighted by molar-refractivity contribution is 8.00. The lowest BCUT2D eigenvalue weighted by Crippen LogP contribution is -2.44. The highest BCUT2D eigenvalue weighted by atomic mass is 35.5. The minimum absolute atomic E-state index is 0.0320. The van der Waals surface area contributed by atoms with E-state index in [0.29, 0.717) is 23.2 Å². The summed E-state index contributed by atoms with van der Waals surface area (Å²) in [4.78, 5) is 14.2. The summed E-state index contributed by atoms with van der Waals surface area (Å²) in [5.41, 5.74) is 1.55. The predicted octanol–water partition coefficient (Wildman–Crippen LogP) is 4.77. The van der Waals surface area contributed by atoms with Crippen LogP contribution in [0, 0.1) is 11.6 Å². The van der Waals surface area contributed by atoms with Crippen LogP contribution in [-0.2, 0) is 6.54 Å². The number of halogens is 3. The first-order chi connectivity index (χ1) is 14.5. The zero-order valence-corrected chi connectivity index (χ0v) is 18.5. The van der Waals surface area contributed by atoms with Gasteiger partial charge in [-0.15, -0.1) is 0 Å². The van der Waals surface area contributed by atoms with Crippen molar-refractivity contribution in [2.75, 3.05) is 42.8 Å². The van der Waals surface area contributed by atoms with Crippen LogP contribution in [0.5, 0.6) is 0 Å². The summed E-state index contributed by atoms with van der Waals surface area (Å²) >= 11 is 7.54. The third-order valence-corrected chi connectivity index (χ3v) is 6.37. The van der Waals surface area contributed by atoms with Crippen molar-refractivity contribution in [3.8, 4) is 0 Å². The third-order valence-electron chi connectivity index (χ3n) is 5.07. The lowest BCUT2D eigenvalue weighted by Gasteiger charge is -2.29. The number of hydrogen-bond acceptors (Lipinski definition) is 5. The first kappa shape index (κ1) is 23.0. The Morgan fingerprint density at radius 1 is 1.17 bits per heavy atom. The highest BCUT2D eigenvalue weighted by Crippen LogP contribution is 2.30. The number of carbonyl (C=O) groups is 1. The van der Waals surface area contributed by atoms with Gasteiger partial charge in [0.05, 0.1) is 11.6 Å². The first-order valence-corrected chi connectivity index (χ1v) is 11.4. The normalized spacial score (nSPS) is 14.7. The Morgan fingerprint density at radius 3 is 2.60 bits per heavy atom. The van der Waals surface area contributed by atoms with Gasteiger partial charge in [0.15, 0.2) is 5.78 Å². The molecule has 1 heterocycles. The number of anilines is 1. The summed E-state index contributed by atoms with van der Waals surface area (Å²) in [6.07, 6.45) is 0.334. The van der Waals surface area contributed by atoms with Crippen molar-refractivity contribution >= 4 is 35.0 Å². The molecular formula is C22H26ClF2N3OS. The van der Waals surface area contributed by atoms with Gasteiger partial charge in [-0.25, -0.2) is 8.78 Å². The van der Waals surface area contributed by atoms with E-state index in [1.165, 1.54) is 12.1 Å². The van der Waals surface area contributed by atoms with Crippen LogP contribution < -0.4 is 9.62 Å². The van der Waals surface area contributed by atoms with Gasteiger partial charge in [-0.1, -0.05) is 30.7 Å². The molecule has 1 aliphatic rings. The van der Waals surface area contributed by atoms with Gasteiger partial charge in [-0.3, -0.25) is 9.69 Å². The van der Waals surface area contributed by atoms with E-state index >= 15 is 0 Å². The van der Waals surface area contributed by atoms with E-state index in [4.69, 9.17) is 11.6 Å². The summed E-state index contributed by atoms with van der Waals surface area (Å²) in [7, 11) is 0. The van der Waals surface area contributed by atoms with Gasteiger partial charge in [0.1, 0.15) is 11.6 Å². The summed E-state index contributed by atoms with van der Waals surface area (Å²) in [5, 5.41) is 3.36. The van der Waals surface area contributed by atoms with Crippen LogP contribution in [0.3, 0.4) is 0 Å². The zero-order valence-electron chi connectivity index (χ0n) is 17.0. The molecule has 0 aliphatic carbocycles. The van der Waals surface area contributed by atoms with Crippen LogP contribution in [0.15, 0.2) is 36.4 Å². The number of nitrogens with zero attached hydrogens (tertiary/aromatic N) is 2. The number of Topliss-reactive ketones (excluding diaryl/α,β-unsaturated/α-hetero) is 1. The fraction of sp³-hybridized carbons (Fsp3) is 0.409. The van der Waals surface area contributed by atoms with Gasteiger partial charge in [0.25, 0.3) is 0 Å². The molecule has 0 aromatic heterocycles. The molecule has 2 aromatic rings. The Bertz CT molecular complexity index is 877. The van der Waals surface area contributed by atoms with Gasteiger partial charge in [-0.05, 0) is 36.2 Å². The second-order valence-corrected chi connectivity index (χ2v) is 8.66. The molecule has 1 fully saturated rings. The van der Waals surface area contributed by atoms with E-state index in [1.807, 2.05) is 4.31 Å². The highest BCUT2D eigenvalue weighted by Gasteiger charge is 2.16. The molecule has 0 bridgehead atoms. The summed E-state index contributed by atoms with van der Waals surface area (Å²) in [6.45, 7) is 6.91. The zero-order chi connectivity index (χ0) is 21.5. The Morgan fingerprint density at radius 2 is 1.93 bits per heavy atom. The maximum atomic E-state index is 14.7. The van der Waals surface area contributed by atoms with E-state index < -0.39 is 11.6 Å². The van der Waals surface area contributed by atoms with Crippen LogP contribution in [0.25, 0.3) is 0 Å². The average molecular weight is 454 g/mol.